The van der Waals surface area contributed by atoms with E-state index in [9.17, 15) is 4.79 Å². The predicted molar refractivity (Wildman–Crippen MR) is 71.9 cm³/mol. The minimum absolute atomic E-state index is 0.204. The van der Waals surface area contributed by atoms with Gasteiger partial charge in [-0.3, -0.25) is 4.79 Å². The quantitative estimate of drug-likeness (QED) is 0.639. The lowest BCUT2D eigenvalue weighted by Gasteiger charge is -2.16. The van der Waals surface area contributed by atoms with Gasteiger partial charge in [0.2, 0.25) is 5.91 Å². The van der Waals surface area contributed by atoms with Gasteiger partial charge in [-0.1, -0.05) is 45.4 Å². The molecular formula is C14H28N2O. The minimum atomic E-state index is 0.204. The molecule has 0 aromatic rings. The Morgan fingerprint density at radius 3 is 2.59 bits per heavy atom. The second kappa shape index (κ2) is 8.51. The Labute approximate surface area is 106 Å². The molecule has 1 aliphatic heterocycles. The van der Waals surface area contributed by atoms with E-state index >= 15 is 0 Å². The Kier molecular flexibility index (Phi) is 7.25. The number of hydrogen-bond acceptors (Lipinski definition) is 2. The van der Waals surface area contributed by atoms with E-state index in [0.717, 1.165) is 13.1 Å². The number of nitrogens with one attached hydrogen (secondary N) is 2. The smallest absolute Gasteiger partial charge is 0.224 e. The third-order valence-corrected chi connectivity index (χ3v) is 3.85. The molecule has 17 heavy (non-hydrogen) atoms. The SMILES string of the molecule is CCCCCCCC[C@H]1CNC[C@H]1C(=O)NC. The molecule has 2 N–H and O–H groups in total. The summed E-state index contributed by atoms with van der Waals surface area (Å²) in [6.07, 6.45) is 9.23. The van der Waals surface area contributed by atoms with Gasteiger partial charge in [-0.25, -0.2) is 0 Å². The second-order valence-electron chi connectivity index (χ2n) is 5.20. The lowest BCUT2D eigenvalue weighted by Crippen LogP contribution is -2.32. The molecule has 3 heteroatoms. The average molecular weight is 240 g/mol. The van der Waals surface area contributed by atoms with Crippen LogP contribution in [0.4, 0.5) is 0 Å². The first-order chi connectivity index (χ1) is 8.29. The van der Waals surface area contributed by atoms with Crippen molar-refractivity contribution in [3.05, 3.63) is 0 Å². The van der Waals surface area contributed by atoms with Crippen molar-refractivity contribution in [1.82, 2.24) is 10.6 Å². The molecule has 0 spiro atoms. The highest BCUT2D eigenvalue weighted by molar-refractivity contribution is 5.79. The van der Waals surface area contributed by atoms with Crippen LogP contribution in [0.2, 0.25) is 0 Å². The molecule has 100 valence electrons. The maximum Gasteiger partial charge on any atom is 0.224 e. The number of carbonyl (C=O) groups is 1. The summed E-state index contributed by atoms with van der Waals surface area (Å²) < 4.78 is 0. The number of rotatable bonds is 8. The average Bonchev–Trinajstić information content (AvgIpc) is 2.81. The molecule has 0 radical (unpaired) electrons. The molecule has 0 saturated carbocycles. The van der Waals surface area contributed by atoms with Crippen molar-refractivity contribution in [2.24, 2.45) is 11.8 Å². The third-order valence-electron chi connectivity index (χ3n) is 3.85. The van der Waals surface area contributed by atoms with E-state index in [1.54, 1.807) is 7.05 Å². The molecule has 0 bridgehead atoms. The summed E-state index contributed by atoms with van der Waals surface area (Å²) in [6, 6.07) is 0. The van der Waals surface area contributed by atoms with E-state index in [1.165, 1.54) is 44.9 Å². The van der Waals surface area contributed by atoms with Gasteiger partial charge in [-0.2, -0.15) is 0 Å². The number of unbranched alkanes of at least 4 members (excludes halogenated alkanes) is 5. The van der Waals surface area contributed by atoms with E-state index in [4.69, 9.17) is 0 Å². The van der Waals surface area contributed by atoms with Crippen LogP contribution in [0.1, 0.15) is 51.9 Å². The number of carbonyl (C=O) groups excluding carboxylic acids is 1. The second-order valence-corrected chi connectivity index (χ2v) is 5.20. The van der Waals surface area contributed by atoms with Gasteiger partial charge >= 0.3 is 0 Å². The maximum atomic E-state index is 11.6. The summed E-state index contributed by atoms with van der Waals surface area (Å²) in [7, 11) is 1.74. The van der Waals surface area contributed by atoms with Gasteiger partial charge in [-0.05, 0) is 18.9 Å². The first-order valence-corrected chi connectivity index (χ1v) is 7.22. The zero-order valence-electron chi connectivity index (χ0n) is 11.4. The molecule has 1 aliphatic rings. The fourth-order valence-electron chi connectivity index (χ4n) is 2.72. The molecule has 3 nitrogen and oxygen atoms in total. The largest absolute Gasteiger partial charge is 0.359 e. The fraction of sp³-hybridized carbons (Fsp3) is 0.929. The number of hydrogen-bond donors (Lipinski definition) is 2. The minimum Gasteiger partial charge on any atom is -0.359 e. The zero-order valence-corrected chi connectivity index (χ0v) is 11.4. The van der Waals surface area contributed by atoms with E-state index in [1.807, 2.05) is 0 Å². The summed E-state index contributed by atoms with van der Waals surface area (Å²) in [4.78, 5) is 11.6. The van der Waals surface area contributed by atoms with Crippen LogP contribution in [0.5, 0.6) is 0 Å². The normalized spacial score (nSPS) is 23.9. The van der Waals surface area contributed by atoms with Crippen LogP contribution < -0.4 is 10.6 Å². The molecule has 1 amide bonds. The van der Waals surface area contributed by atoms with E-state index in [2.05, 4.69) is 17.6 Å². The molecule has 1 heterocycles. The predicted octanol–water partition coefficient (Wildman–Crippen LogP) is 2.32. The standard InChI is InChI=1S/C14H28N2O/c1-3-4-5-6-7-8-9-12-10-16-11-13(12)14(17)15-2/h12-13,16H,3-11H2,1-2H3,(H,15,17)/t12-,13+/m0/s1. The molecule has 0 unspecified atom stereocenters. The van der Waals surface area contributed by atoms with Gasteiger partial charge in [-0.15, -0.1) is 0 Å². The highest BCUT2D eigenvalue weighted by Crippen LogP contribution is 2.23. The van der Waals surface area contributed by atoms with Gasteiger partial charge < -0.3 is 10.6 Å². The Morgan fingerprint density at radius 2 is 1.88 bits per heavy atom. The summed E-state index contributed by atoms with van der Waals surface area (Å²) in [5.74, 6) is 0.975. The van der Waals surface area contributed by atoms with Crippen LogP contribution in [0.3, 0.4) is 0 Å². The van der Waals surface area contributed by atoms with E-state index < -0.39 is 0 Å². The Balaban J connectivity index is 2.11. The molecular weight excluding hydrogens is 212 g/mol. The first kappa shape index (κ1) is 14.5. The molecule has 0 aromatic carbocycles. The maximum absolute atomic E-state index is 11.6. The molecule has 2 atom stereocenters. The van der Waals surface area contributed by atoms with Crippen molar-refractivity contribution in [1.29, 1.82) is 0 Å². The van der Waals surface area contributed by atoms with Gasteiger partial charge in [0.1, 0.15) is 0 Å². The van der Waals surface area contributed by atoms with E-state index in [0.29, 0.717) is 5.92 Å². The fourth-order valence-corrected chi connectivity index (χ4v) is 2.72. The van der Waals surface area contributed by atoms with Crippen molar-refractivity contribution in [3.8, 4) is 0 Å². The third kappa shape index (κ3) is 5.07. The first-order valence-electron chi connectivity index (χ1n) is 7.22. The Morgan fingerprint density at radius 1 is 1.18 bits per heavy atom. The molecule has 1 rings (SSSR count). The zero-order chi connectivity index (χ0) is 12.5. The lowest BCUT2D eigenvalue weighted by atomic mass is 9.90. The summed E-state index contributed by atoms with van der Waals surface area (Å²) >= 11 is 0. The monoisotopic (exact) mass is 240 g/mol. The van der Waals surface area contributed by atoms with Crippen LogP contribution >= 0.6 is 0 Å². The lowest BCUT2D eigenvalue weighted by molar-refractivity contribution is -0.125. The summed E-state index contributed by atoms with van der Waals surface area (Å²) in [5, 5.41) is 6.11. The highest BCUT2D eigenvalue weighted by atomic mass is 16.1. The Hall–Kier alpha value is -0.570. The summed E-state index contributed by atoms with van der Waals surface area (Å²) in [6.45, 7) is 4.13. The molecule has 1 fully saturated rings. The van der Waals surface area contributed by atoms with E-state index in [-0.39, 0.29) is 11.8 Å². The molecule has 0 aliphatic carbocycles. The summed E-state index contributed by atoms with van der Waals surface area (Å²) in [5.41, 5.74) is 0. The Bertz CT molecular complexity index is 218. The topological polar surface area (TPSA) is 41.1 Å². The van der Waals surface area contributed by atoms with Crippen molar-refractivity contribution in [3.63, 3.8) is 0 Å². The van der Waals surface area contributed by atoms with Crippen molar-refractivity contribution in [2.45, 2.75) is 51.9 Å². The van der Waals surface area contributed by atoms with Gasteiger partial charge in [0.15, 0.2) is 0 Å². The van der Waals surface area contributed by atoms with Gasteiger partial charge in [0.25, 0.3) is 0 Å². The van der Waals surface area contributed by atoms with Crippen molar-refractivity contribution in [2.75, 3.05) is 20.1 Å². The van der Waals surface area contributed by atoms with Crippen molar-refractivity contribution >= 4 is 5.91 Å². The van der Waals surface area contributed by atoms with Gasteiger partial charge in [0, 0.05) is 13.6 Å². The van der Waals surface area contributed by atoms with Crippen LogP contribution in [0.25, 0.3) is 0 Å². The molecule has 0 aromatic heterocycles. The van der Waals surface area contributed by atoms with Crippen molar-refractivity contribution < 1.29 is 4.79 Å². The molecule has 1 saturated heterocycles. The van der Waals surface area contributed by atoms with Crippen LogP contribution in [0, 0.1) is 11.8 Å². The number of amides is 1. The van der Waals surface area contributed by atoms with Crippen LogP contribution in [-0.4, -0.2) is 26.0 Å². The highest BCUT2D eigenvalue weighted by Gasteiger charge is 2.31. The van der Waals surface area contributed by atoms with Crippen LogP contribution in [0.15, 0.2) is 0 Å². The van der Waals surface area contributed by atoms with Gasteiger partial charge in [0.05, 0.1) is 5.92 Å². The van der Waals surface area contributed by atoms with Crippen LogP contribution in [-0.2, 0) is 4.79 Å².